The van der Waals surface area contributed by atoms with E-state index in [0.717, 1.165) is 5.56 Å². The molecule has 122 valence electrons. The lowest BCUT2D eigenvalue weighted by Crippen LogP contribution is -2.35. The predicted molar refractivity (Wildman–Crippen MR) is 88.5 cm³/mol. The number of carbonyl (C=O) groups is 1. The fourth-order valence-electron chi connectivity index (χ4n) is 2.37. The van der Waals surface area contributed by atoms with Crippen molar-refractivity contribution in [3.05, 3.63) is 66.0 Å². The van der Waals surface area contributed by atoms with Gasteiger partial charge in [0.25, 0.3) is 0 Å². The molecule has 0 heterocycles. The molecule has 1 unspecified atom stereocenters. The molecule has 5 heteroatoms. The highest BCUT2D eigenvalue weighted by Crippen LogP contribution is 2.14. The standard InChI is InChI=1S/C18H21FN2O2/c1-13(20-17(12-22)14-5-3-2-4-6-14)11-18(23)21-16-9-7-15(19)8-10-16/h2-10,13,17,20,22H,11-12H2,1H3,(H,21,23)/t13?,17-/m1/s1. The van der Waals surface area contributed by atoms with Gasteiger partial charge in [-0.25, -0.2) is 4.39 Å². The third-order valence-corrected chi connectivity index (χ3v) is 3.49. The number of carbonyl (C=O) groups excluding carboxylic acids is 1. The van der Waals surface area contributed by atoms with Crippen LogP contribution in [0.2, 0.25) is 0 Å². The maximum Gasteiger partial charge on any atom is 0.225 e. The number of benzene rings is 2. The Hall–Kier alpha value is -2.24. The van der Waals surface area contributed by atoms with Crippen molar-refractivity contribution in [2.75, 3.05) is 11.9 Å². The largest absolute Gasteiger partial charge is 0.394 e. The molecule has 0 radical (unpaired) electrons. The number of nitrogens with one attached hydrogen (secondary N) is 2. The molecule has 3 N–H and O–H groups in total. The molecular formula is C18H21FN2O2. The minimum atomic E-state index is -0.341. The van der Waals surface area contributed by atoms with Crippen LogP contribution >= 0.6 is 0 Å². The Bertz CT molecular complexity index is 617. The van der Waals surface area contributed by atoms with Crippen molar-refractivity contribution in [1.82, 2.24) is 5.32 Å². The van der Waals surface area contributed by atoms with Crippen LogP contribution in [-0.2, 0) is 4.79 Å². The van der Waals surface area contributed by atoms with Crippen LogP contribution in [-0.4, -0.2) is 23.7 Å². The quantitative estimate of drug-likeness (QED) is 0.736. The Morgan fingerprint density at radius 1 is 1.13 bits per heavy atom. The lowest BCUT2D eigenvalue weighted by molar-refractivity contribution is -0.116. The molecule has 0 aliphatic carbocycles. The van der Waals surface area contributed by atoms with Gasteiger partial charge in [0, 0.05) is 18.2 Å². The van der Waals surface area contributed by atoms with Crippen LogP contribution in [0, 0.1) is 5.82 Å². The summed E-state index contributed by atoms with van der Waals surface area (Å²) in [5.74, 6) is -0.506. The number of amides is 1. The van der Waals surface area contributed by atoms with Crippen LogP contribution in [0.5, 0.6) is 0 Å². The first-order valence-corrected chi connectivity index (χ1v) is 7.55. The molecule has 1 amide bonds. The monoisotopic (exact) mass is 316 g/mol. The number of halogens is 1. The van der Waals surface area contributed by atoms with Crippen molar-refractivity contribution in [3.8, 4) is 0 Å². The van der Waals surface area contributed by atoms with Gasteiger partial charge in [-0.2, -0.15) is 0 Å². The molecule has 0 saturated heterocycles. The van der Waals surface area contributed by atoms with E-state index in [1.807, 2.05) is 37.3 Å². The molecule has 0 aliphatic heterocycles. The van der Waals surface area contributed by atoms with Gasteiger partial charge in [-0.3, -0.25) is 4.79 Å². The SMILES string of the molecule is CC(CC(=O)Nc1ccc(F)cc1)N[C@H](CO)c1ccccc1. The summed E-state index contributed by atoms with van der Waals surface area (Å²) in [4.78, 5) is 12.0. The molecular weight excluding hydrogens is 295 g/mol. The second-order valence-corrected chi connectivity index (χ2v) is 5.47. The summed E-state index contributed by atoms with van der Waals surface area (Å²) in [7, 11) is 0. The topological polar surface area (TPSA) is 61.4 Å². The number of hydrogen-bond donors (Lipinski definition) is 3. The fourth-order valence-corrected chi connectivity index (χ4v) is 2.37. The molecule has 0 saturated carbocycles. The molecule has 0 spiro atoms. The third kappa shape index (κ3) is 5.47. The lowest BCUT2D eigenvalue weighted by Gasteiger charge is -2.22. The second kappa shape index (κ2) is 8.41. The van der Waals surface area contributed by atoms with Gasteiger partial charge in [0.05, 0.1) is 12.6 Å². The van der Waals surface area contributed by atoms with Crippen molar-refractivity contribution < 1.29 is 14.3 Å². The van der Waals surface area contributed by atoms with E-state index in [1.165, 1.54) is 24.3 Å². The van der Waals surface area contributed by atoms with Gasteiger partial charge in [0.1, 0.15) is 5.82 Å². The van der Waals surface area contributed by atoms with E-state index < -0.39 is 0 Å². The summed E-state index contributed by atoms with van der Waals surface area (Å²) in [5, 5.41) is 15.5. The van der Waals surface area contributed by atoms with Crippen LogP contribution in [0.1, 0.15) is 24.9 Å². The van der Waals surface area contributed by atoms with E-state index in [-0.39, 0.29) is 36.8 Å². The van der Waals surface area contributed by atoms with Gasteiger partial charge in [-0.05, 0) is 36.8 Å². The smallest absolute Gasteiger partial charge is 0.225 e. The molecule has 2 atom stereocenters. The number of aliphatic hydroxyl groups is 1. The number of anilines is 1. The molecule has 23 heavy (non-hydrogen) atoms. The summed E-state index contributed by atoms with van der Waals surface area (Å²) in [6.07, 6.45) is 0.251. The van der Waals surface area contributed by atoms with E-state index in [1.54, 1.807) is 0 Å². The highest BCUT2D eigenvalue weighted by Gasteiger charge is 2.15. The summed E-state index contributed by atoms with van der Waals surface area (Å²) in [6, 6.07) is 14.9. The van der Waals surface area contributed by atoms with Gasteiger partial charge >= 0.3 is 0 Å². The average Bonchev–Trinajstić information content (AvgIpc) is 2.55. The third-order valence-electron chi connectivity index (χ3n) is 3.49. The Labute approximate surface area is 135 Å². The highest BCUT2D eigenvalue weighted by atomic mass is 19.1. The summed E-state index contributed by atoms with van der Waals surface area (Å²) in [6.45, 7) is 1.84. The average molecular weight is 316 g/mol. The van der Waals surface area contributed by atoms with Crippen molar-refractivity contribution in [1.29, 1.82) is 0 Å². The van der Waals surface area contributed by atoms with E-state index >= 15 is 0 Å². The second-order valence-electron chi connectivity index (χ2n) is 5.47. The Balaban J connectivity index is 1.86. The Kier molecular flexibility index (Phi) is 6.26. The minimum absolute atomic E-state index is 0.0477. The van der Waals surface area contributed by atoms with Crippen LogP contribution in [0.4, 0.5) is 10.1 Å². The minimum Gasteiger partial charge on any atom is -0.394 e. The van der Waals surface area contributed by atoms with Crippen LogP contribution in [0.15, 0.2) is 54.6 Å². The van der Waals surface area contributed by atoms with Crippen LogP contribution < -0.4 is 10.6 Å². The predicted octanol–water partition coefficient (Wildman–Crippen LogP) is 2.87. The van der Waals surface area contributed by atoms with Gasteiger partial charge in [-0.15, -0.1) is 0 Å². The van der Waals surface area contributed by atoms with E-state index in [0.29, 0.717) is 5.69 Å². The zero-order valence-corrected chi connectivity index (χ0v) is 13.0. The molecule has 2 aromatic rings. The van der Waals surface area contributed by atoms with Crippen molar-refractivity contribution in [3.63, 3.8) is 0 Å². The molecule has 0 aromatic heterocycles. The lowest BCUT2D eigenvalue weighted by atomic mass is 10.1. The van der Waals surface area contributed by atoms with E-state index in [9.17, 15) is 14.3 Å². The first-order chi connectivity index (χ1) is 11.1. The zero-order valence-electron chi connectivity index (χ0n) is 13.0. The van der Waals surface area contributed by atoms with E-state index in [4.69, 9.17) is 0 Å². The van der Waals surface area contributed by atoms with Crippen LogP contribution in [0.3, 0.4) is 0 Å². The van der Waals surface area contributed by atoms with Crippen molar-refractivity contribution in [2.24, 2.45) is 0 Å². The fraction of sp³-hybridized carbons (Fsp3) is 0.278. The van der Waals surface area contributed by atoms with Gasteiger partial charge in [-0.1, -0.05) is 30.3 Å². The molecule has 2 aromatic carbocycles. The van der Waals surface area contributed by atoms with E-state index in [2.05, 4.69) is 10.6 Å². The van der Waals surface area contributed by atoms with Gasteiger partial charge in [0.2, 0.25) is 5.91 Å². The van der Waals surface area contributed by atoms with Gasteiger partial charge < -0.3 is 15.7 Å². The van der Waals surface area contributed by atoms with Gasteiger partial charge in [0.15, 0.2) is 0 Å². The Morgan fingerprint density at radius 2 is 1.78 bits per heavy atom. The number of aliphatic hydroxyl groups excluding tert-OH is 1. The molecule has 2 rings (SSSR count). The van der Waals surface area contributed by atoms with Crippen molar-refractivity contribution >= 4 is 11.6 Å². The molecule has 0 bridgehead atoms. The first kappa shape index (κ1) is 17.1. The number of hydrogen-bond acceptors (Lipinski definition) is 3. The van der Waals surface area contributed by atoms with Crippen LogP contribution in [0.25, 0.3) is 0 Å². The van der Waals surface area contributed by atoms with Crippen molar-refractivity contribution in [2.45, 2.75) is 25.4 Å². The normalized spacial score (nSPS) is 13.3. The maximum absolute atomic E-state index is 12.8. The summed E-state index contributed by atoms with van der Waals surface area (Å²) in [5.41, 5.74) is 1.53. The number of rotatable bonds is 7. The molecule has 0 fully saturated rings. The maximum atomic E-state index is 12.8. The highest BCUT2D eigenvalue weighted by molar-refractivity contribution is 5.91. The summed E-state index contributed by atoms with van der Waals surface area (Å²) >= 11 is 0. The molecule has 4 nitrogen and oxygen atoms in total. The first-order valence-electron chi connectivity index (χ1n) is 7.55. The summed E-state index contributed by atoms with van der Waals surface area (Å²) < 4.78 is 12.8. The zero-order chi connectivity index (χ0) is 16.7. The Morgan fingerprint density at radius 3 is 2.39 bits per heavy atom. The molecule has 0 aliphatic rings.